The molecule has 0 unspecified atom stereocenters. The van der Waals surface area contributed by atoms with Crippen LogP contribution < -0.4 is 0 Å². The lowest BCUT2D eigenvalue weighted by molar-refractivity contribution is 0.0318. The second-order valence-electron chi connectivity index (χ2n) is 4.46. The van der Waals surface area contributed by atoms with E-state index in [1.165, 1.54) is 0 Å². The molecule has 0 spiro atoms. The number of benzene rings is 1. The third-order valence-corrected chi connectivity index (χ3v) is 3.50. The third-order valence-electron chi connectivity index (χ3n) is 2.67. The zero-order valence-corrected chi connectivity index (χ0v) is 13.6. The van der Waals surface area contributed by atoms with E-state index >= 15 is 0 Å². The molecule has 0 aromatic heterocycles. The Kier molecular flexibility index (Phi) is 7.14. The summed E-state index contributed by atoms with van der Waals surface area (Å²) in [6, 6.07) is 2.94. The highest BCUT2D eigenvalue weighted by molar-refractivity contribution is 7.85. The van der Waals surface area contributed by atoms with Crippen LogP contribution in [0.4, 0.5) is 0 Å². The fraction of sp³-hybridized carbons (Fsp3) is 0.429. The topological polar surface area (TPSA) is 116 Å². The molecule has 0 aliphatic carbocycles. The molecule has 1 aromatic carbocycles. The minimum absolute atomic E-state index is 0.0253. The number of esters is 2. The Bertz CT molecular complexity index is 665. The maximum Gasteiger partial charge on any atom is 0.338 e. The van der Waals surface area contributed by atoms with Crippen LogP contribution >= 0.6 is 0 Å². The minimum atomic E-state index is -4.60. The quantitative estimate of drug-likeness (QED) is 0.425. The molecule has 0 radical (unpaired) electrons. The summed E-state index contributed by atoms with van der Waals surface area (Å²) in [5, 5.41) is 0. The summed E-state index contributed by atoms with van der Waals surface area (Å²) in [7, 11) is -3.49. The van der Waals surface area contributed by atoms with Crippen LogP contribution in [-0.4, -0.2) is 51.8 Å². The van der Waals surface area contributed by atoms with Gasteiger partial charge in [-0.1, -0.05) is 6.92 Å². The predicted molar refractivity (Wildman–Crippen MR) is 79.0 cm³/mol. The maximum atomic E-state index is 11.9. The van der Waals surface area contributed by atoms with E-state index in [1.54, 1.807) is 0 Å². The van der Waals surface area contributed by atoms with Crippen molar-refractivity contribution in [2.75, 3.05) is 26.9 Å². The summed E-state index contributed by atoms with van der Waals surface area (Å²) >= 11 is 0. The van der Waals surface area contributed by atoms with Crippen molar-refractivity contribution in [3.05, 3.63) is 29.3 Å². The van der Waals surface area contributed by atoms with Gasteiger partial charge in [-0.3, -0.25) is 4.55 Å². The van der Waals surface area contributed by atoms with Gasteiger partial charge in [0.1, 0.15) is 6.61 Å². The molecular weight excluding hydrogens is 328 g/mol. The summed E-state index contributed by atoms with van der Waals surface area (Å²) < 4.78 is 46.1. The van der Waals surface area contributed by atoms with Crippen LogP contribution in [0.2, 0.25) is 0 Å². The molecular formula is C14H18O8S. The molecule has 0 amide bonds. The van der Waals surface area contributed by atoms with E-state index in [1.807, 2.05) is 6.92 Å². The molecule has 8 nitrogen and oxygen atoms in total. The first kappa shape index (κ1) is 19.1. The van der Waals surface area contributed by atoms with E-state index < -0.39 is 27.0 Å². The van der Waals surface area contributed by atoms with E-state index in [0.717, 1.165) is 31.7 Å². The molecule has 9 heteroatoms. The van der Waals surface area contributed by atoms with Crippen molar-refractivity contribution >= 4 is 22.1 Å². The van der Waals surface area contributed by atoms with Crippen molar-refractivity contribution in [2.24, 2.45) is 0 Å². The highest BCUT2D eigenvalue weighted by Gasteiger charge is 2.19. The van der Waals surface area contributed by atoms with Crippen molar-refractivity contribution < 1.29 is 36.8 Å². The van der Waals surface area contributed by atoms with Crippen LogP contribution in [0.3, 0.4) is 0 Å². The molecule has 1 N–H and O–H groups in total. The average molecular weight is 346 g/mol. The lowest BCUT2D eigenvalue weighted by Gasteiger charge is -2.08. The third kappa shape index (κ3) is 5.97. The van der Waals surface area contributed by atoms with Gasteiger partial charge >= 0.3 is 11.9 Å². The van der Waals surface area contributed by atoms with Crippen LogP contribution in [0.1, 0.15) is 34.1 Å². The molecule has 128 valence electrons. The lowest BCUT2D eigenvalue weighted by atomic mass is 10.1. The number of methoxy groups -OCH3 is 1. The molecule has 0 aliphatic heterocycles. The van der Waals surface area contributed by atoms with Gasteiger partial charge in [-0.05, 0) is 24.6 Å². The summed E-state index contributed by atoms with van der Waals surface area (Å²) in [6.45, 7) is 2.63. The first-order valence-electron chi connectivity index (χ1n) is 6.75. The van der Waals surface area contributed by atoms with E-state index in [-0.39, 0.29) is 24.3 Å². The van der Waals surface area contributed by atoms with Gasteiger partial charge in [0.15, 0.2) is 0 Å². The fourth-order valence-corrected chi connectivity index (χ4v) is 2.18. The normalized spacial score (nSPS) is 11.1. The van der Waals surface area contributed by atoms with Crippen LogP contribution in [0.25, 0.3) is 0 Å². The smallest absolute Gasteiger partial charge is 0.338 e. The van der Waals surface area contributed by atoms with Crippen molar-refractivity contribution in [3.8, 4) is 0 Å². The van der Waals surface area contributed by atoms with Crippen molar-refractivity contribution in [2.45, 2.75) is 18.2 Å². The predicted octanol–water partition coefficient (Wildman–Crippen LogP) is 1.30. The first-order chi connectivity index (χ1) is 10.8. The van der Waals surface area contributed by atoms with Gasteiger partial charge in [-0.15, -0.1) is 0 Å². The van der Waals surface area contributed by atoms with E-state index in [4.69, 9.17) is 14.0 Å². The highest BCUT2D eigenvalue weighted by atomic mass is 32.2. The number of hydrogen-bond acceptors (Lipinski definition) is 7. The van der Waals surface area contributed by atoms with Crippen molar-refractivity contribution in [1.29, 1.82) is 0 Å². The Morgan fingerprint density at radius 2 is 1.65 bits per heavy atom. The minimum Gasteiger partial charge on any atom is -0.465 e. The largest absolute Gasteiger partial charge is 0.465 e. The van der Waals surface area contributed by atoms with Crippen molar-refractivity contribution in [1.82, 2.24) is 0 Å². The summed E-state index contributed by atoms with van der Waals surface area (Å²) in [6.07, 6.45) is 0.826. The monoisotopic (exact) mass is 346 g/mol. The van der Waals surface area contributed by atoms with Crippen LogP contribution in [-0.2, 0) is 24.3 Å². The second-order valence-corrected chi connectivity index (χ2v) is 5.88. The van der Waals surface area contributed by atoms with Gasteiger partial charge < -0.3 is 14.2 Å². The molecule has 0 aliphatic rings. The van der Waals surface area contributed by atoms with Gasteiger partial charge in [0.05, 0.1) is 29.7 Å². The van der Waals surface area contributed by atoms with Gasteiger partial charge in [-0.25, -0.2) is 9.59 Å². The zero-order chi connectivity index (χ0) is 17.5. The molecule has 1 aromatic rings. The number of hydrogen-bond donors (Lipinski definition) is 1. The summed E-state index contributed by atoms with van der Waals surface area (Å²) in [4.78, 5) is 22.8. The van der Waals surface area contributed by atoms with Gasteiger partial charge in [-0.2, -0.15) is 8.42 Å². The summed E-state index contributed by atoms with van der Waals surface area (Å²) in [5.41, 5.74) is -0.396. The van der Waals surface area contributed by atoms with E-state index in [2.05, 4.69) is 4.74 Å². The van der Waals surface area contributed by atoms with Gasteiger partial charge in [0, 0.05) is 6.61 Å². The Labute approximate surface area is 134 Å². The van der Waals surface area contributed by atoms with Crippen LogP contribution in [0, 0.1) is 0 Å². The maximum absolute atomic E-state index is 11.9. The first-order valence-corrected chi connectivity index (χ1v) is 8.19. The van der Waals surface area contributed by atoms with Crippen LogP contribution in [0.5, 0.6) is 0 Å². The fourth-order valence-electron chi connectivity index (χ4n) is 1.62. The Balaban J connectivity index is 2.96. The van der Waals surface area contributed by atoms with Gasteiger partial charge in [0.25, 0.3) is 10.1 Å². The van der Waals surface area contributed by atoms with Gasteiger partial charge in [0.2, 0.25) is 0 Å². The molecule has 1 rings (SSSR count). The Morgan fingerprint density at radius 3 is 2.17 bits per heavy atom. The van der Waals surface area contributed by atoms with Crippen molar-refractivity contribution in [3.63, 3.8) is 0 Å². The summed E-state index contributed by atoms with van der Waals surface area (Å²) in [5.74, 6) is -1.70. The number of rotatable bonds is 8. The van der Waals surface area contributed by atoms with E-state index in [9.17, 15) is 18.0 Å². The molecule has 23 heavy (non-hydrogen) atoms. The number of ether oxygens (including phenoxy) is 3. The Hall–Kier alpha value is -1.97. The molecule has 0 bridgehead atoms. The second kappa shape index (κ2) is 8.61. The molecule has 0 saturated carbocycles. The molecule has 0 fully saturated rings. The molecule has 0 saturated heterocycles. The molecule has 0 heterocycles. The average Bonchev–Trinajstić information content (AvgIpc) is 2.52. The molecule has 0 atom stereocenters. The number of carbonyl (C=O) groups is 2. The van der Waals surface area contributed by atoms with Crippen LogP contribution in [0.15, 0.2) is 23.1 Å². The Morgan fingerprint density at radius 1 is 1.04 bits per heavy atom. The zero-order valence-electron chi connectivity index (χ0n) is 12.8. The SMILES string of the molecule is CCCOCCOC(=O)c1cc(C(=O)OC)cc(S(=O)(=O)O)c1. The number of carbonyl (C=O) groups excluding carboxylic acids is 2. The standard InChI is InChI=1S/C14H18O8S/c1-3-4-21-5-6-22-14(16)11-7-10(13(15)20-2)8-12(9-11)23(17,18)19/h7-9H,3-6H2,1-2H3,(H,17,18,19). The highest BCUT2D eigenvalue weighted by Crippen LogP contribution is 2.17. The lowest BCUT2D eigenvalue weighted by Crippen LogP contribution is -2.13. The van der Waals surface area contributed by atoms with E-state index in [0.29, 0.717) is 6.61 Å².